The number of hydrogen-bond acceptors (Lipinski definition) is 3. The molecule has 2 N–H and O–H groups in total. The lowest BCUT2D eigenvalue weighted by Crippen LogP contribution is -2.21. The predicted molar refractivity (Wildman–Crippen MR) is 30.9 cm³/mol. The van der Waals surface area contributed by atoms with Crippen molar-refractivity contribution in [3.05, 3.63) is 0 Å². The molecule has 0 aromatic rings. The summed E-state index contributed by atoms with van der Waals surface area (Å²) in [5.74, 6) is -1.59. The van der Waals surface area contributed by atoms with Crippen LogP contribution >= 0.6 is 11.6 Å². The van der Waals surface area contributed by atoms with Gasteiger partial charge in [0.15, 0.2) is 6.61 Å². The summed E-state index contributed by atoms with van der Waals surface area (Å²) in [5.41, 5.74) is 4.64. The lowest BCUT2D eigenvalue weighted by atomic mass is 10.7. The maximum Gasteiger partial charge on any atom is 0.321 e. The Morgan fingerprint density at radius 1 is 1.56 bits per heavy atom. The number of hydrogen-bond donors (Lipinski definition) is 1. The smallest absolute Gasteiger partial charge is 0.321 e. The van der Waals surface area contributed by atoms with Crippen molar-refractivity contribution in [2.45, 2.75) is 0 Å². The van der Waals surface area contributed by atoms with Crippen molar-refractivity contribution < 1.29 is 14.3 Å². The largest absolute Gasteiger partial charge is 0.455 e. The number of ether oxygens (including phenoxy) is 1. The Morgan fingerprint density at radius 3 is 2.44 bits per heavy atom. The molecule has 0 aliphatic rings. The molecule has 0 saturated heterocycles. The van der Waals surface area contributed by atoms with E-state index in [4.69, 9.17) is 11.6 Å². The van der Waals surface area contributed by atoms with Crippen LogP contribution in [0.4, 0.5) is 0 Å². The molecule has 0 radical (unpaired) electrons. The van der Waals surface area contributed by atoms with Crippen LogP contribution in [0.3, 0.4) is 0 Å². The minimum atomic E-state index is -0.687. The summed E-state index contributed by atoms with van der Waals surface area (Å²) in [4.78, 5) is 20.1. The van der Waals surface area contributed by atoms with Crippen LogP contribution in [0.1, 0.15) is 0 Å². The fourth-order valence-electron chi connectivity index (χ4n) is 0.190. The molecule has 0 bridgehead atoms. The van der Waals surface area contributed by atoms with Crippen LogP contribution in [0.15, 0.2) is 0 Å². The molecule has 9 heavy (non-hydrogen) atoms. The first-order valence-corrected chi connectivity index (χ1v) is 2.70. The minimum Gasteiger partial charge on any atom is -0.455 e. The van der Waals surface area contributed by atoms with Gasteiger partial charge in [0.2, 0.25) is 0 Å². The van der Waals surface area contributed by atoms with Crippen LogP contribution in [0.5, 0.6) is 0 Å². The van der Waals surface area contributed by atoms with Gasteiger partial charge in [0.05, 0.1) is 0 Å². The van der Waals surface area contributed by atoms with Gasteiger partial charge in [-0.05, 0) is 0 Å². The van der Waals surface area contributed by atoms with E-state index in [9.17, 15) is 9.59 Å². The molecule has 5 heteroatoms. The van der Waals surface area contributed by atoms with Gasteiger partial charge >= 0.3 is 5.97 Å². The number of carbonyl (C=O) groups excluding carboxylic acids is 2. The molecule has 4 nitrogen and oxygen atoms in total. The van der Waals surface area contributed by atoms with Crippen molar-refractivity contribution in [1.29, 1.82) is 0 Å². The number of nitrogens with two attached hydrogens (primary N) is 1. The monoisotopic (exact) mass is 151 g/mol. The molecule has 0 rings (SSSR count). The molecule has 0 aliphatic heterocycles. The van der Waals surface area contributed by atoms with E-state index in [0.29, 0.717) is 0 Å². The lowest BCUT2D eigenvalue weighted by Gasteiger charge is -1.95. The fourth-order valence-corrected chi connectivity index (χ4v) is 0.267. The van der Waals surface area contributed by atoms with Crippen molar-refractivity contribution in [2.24, 2.45) is 5.73 Å². The van der Waals surface area contributed by atoms with Crippen LogP contribution in [-0.4, -0.2) is 24.4 Å². The van der Waals surface area contributed by atoms with Crippen LogP contribution < -0.4 is 5.73 Å². The Kier molecular flexibility index (Phi) is 3.79. The van der Waals surface area contributed by atoms with E-state index in [1.165, 1.54) is 0 Å². The average molecular weight is 152 g/mol. The highest BCUT2D eigenvalue weighted by atomic mass is 35.5. The average Bonchev–Trinajstić information content (AvgIpc) is 1.83. The van der Waals surface area contributed by atoms with Gasteiger partial charge in [0.1, 0.15) is 5.88 Å². The third kappa shape index (κ3) is 5.10. The first-order chi connectivity index (χ1) is 4.16. The Morgan fingerprint density at radius 2 is 2.11 bits per heavy atom. The van der Waals surface area contributed by atoms with Gasteiger partial charge in [-0.1, -0.05) is 0 Å². The summed E-state index contributed by atoms with van der Waals surface area (Å²) in [6.45, 7) is -0.397. The lowest BCUT2D eigenvalue weighted by molar-refractivity contribution is -0.145. The van der Waals surface area contributed by atoms with Gasteiger partial charge < -0.3 is 10.5 Å². The highest BCUT2D eigenvalue weighted by Crippen LogP contribution is 1.80. The van der Waals surface area contributed by atoms with Gasteiger partial charge in [-0.2, -0.15) is 0 Å². The third-order valence-corrected chi connectivity index (χ3v) is 0.703. The molecular weight excluding hydrogens is 146 g/mol. The molecule has 0 fully saturated rings. The quantitative estimate of drug-likeness (QED) is 0.427. The van der Waals surface area contributed by atoms with E-state index in [-0.39, 0.29) is 5.88 Å². The zero-order valence-corrected chi connectivity index (χ0v) is 5.35. The maximum atomic E-state index is 10.2. The molecular formula is C4H6ClNO3. The summed E-state index contributed by atoms with van der Waals surface area (Å²) in [6, 6.07) is 0. The van der Waals surface area contributed by atoms with Gasteiger partial charge in [-0.25, -0.2) is 0 Å². The van der Waals surface area contributed by atoms with Crippen molar-refractivity contribution in [1.82, 2.24) is 0 Å². The van der Waals surface area contributed by atoms with Crippen LogP contribution in [0, 0.1) is 0 Å². The second kappa shape index (κ2) is 4.14. The number of halogens is 1. The number of alkyl halides is 1. The van der Waals surface area contributed by atoms with Crippen molar-refractivity contribution in [3.8, 4) is 0 Å². The van der Waals surface area contributed by atoms with Crippen molar-refractivity contribution >= 4 is 23.5 Å². The summed E-state index contributed by atoms with van der Waals surface area (Å²) >= 11 is 5.01. The summed E-state index contributed by atoms with van der Waals surface area (Å²) in [7, 11) is 0. The molecule has 1 amide bonds. The standard InChI is InChI=1S/C4H6ClNO3/c5-1-4(8)9-2-3(6)7/h1-2H2,(H2,6,7). The predicted octanol–water partition coefficient (Wildman–Crippen LogP) is -0.746. The number of primary amides is 1. The summed E-state index contributed by atoms with van der Waals surface area (Å²) < 4.78 is 4.21. The Hall–Kier alpha value is -0.770. The maximum absolute atomic E-state index is 10.2. The molecule has 52 valence electrons. The molecule has 0 aromatic heterocycles. The van der Waals surface area contributed by atoms with E-state index in [0.717, 1.165) is 0 Å². The van der Waals surface area contributed by atoms with Gasteiger partial charge in [0.25, 0.3) is 5.91 Å². The highest BCUT2D eigenvalue weighted by Gasteiger charge is 2.00. The van der Waals surface area contributed by atoms with Gasteiger partial charge in [-0.15, -0.1) is 11.6 Å². The Bertz CT molecular complexity index is 125. The Labute approximate surface area is 56.9 Å². The second-order valence-electron chi connectivity index (χ2n) is 1.26. The second-order valence-corrected chi connectivity index (χ2v) is 1.53. The highest BCUT2D eigenvalue weighted by molar-refractivity contribution is 6.26. The van der Waals surface area contributed by atoms with Crippen LogP contribution in [-0.2, 0) is 14.3 Å². The number of rotatable bonds is 3. The van der Waals surface area contributed by atoms with E-state index in [1.54, 1.807) is 0 Å². The number of carbonyl (C=O) groups is 2. The van der Waals surface area contributed by atoms with Crippen molar-refractivity contribution in [3.63, 3.8) is 0 Å². The van der Waals surface area contributed by atoms with E-state index in [1.807, 2.05) is 0 Å². The summed E-state index contributed by atoms with van der Waals surface area (Å²) in [5, 5.41) is 0. The molecule has 0 heterocycles. The molecule has 0 aromatic carbocycles. The van der Waals surface area contributed by atoms with E-state index >= 15 is 0 Å². The number of amides is 1. The van der Waals surface area contributed by atoms with Crippen molar-refractivity contribution in [2.75, 3.05) is 12.5 Å². The molecule has 0 atom stereocenters. The third-order valence-electron chi connectivity index (χ3n) is 0.485. The number of esters is 1. The Balaban J connectivity index is 3.28. The van der Waals surface area contributed by atoms with E-state index < -0.39 is 18.5 Å². The normalized spacial score (nSPS) is 8.56. The van der Waals surface area contributed by atoms with E-state index in [2.05, 4.69) is 10.5 Å². The van der Waals surface area contributed by atoms with Gasteiger partial charge in [-0.3, -0.25) is 9.59 Å². The fraction of sp³-hybridized carbons (Fsp3) is 0.500. The SMILES string of the molecule is NC(=O)COC(=O)CCl. The molecule has 0 spiro atoms. The molecule has 0 saturated carbocycles. The molecule has 0 aliphatic carbocycles. The first kappa shape index (κ1) is 8.23. The first-order valence-electron chi connectivity index (χ1n) is 2.16. The molecule has 0 unspecified atom stereocenters. The zero-order valence-electron chi connectivity index (χ0n) is 4.59. The van der Waals surface area contributed by atoms with Crippen LogP contribution in [0.2, 0.25) is 0 Å². The summed E-state index contributed by atoms with van der Waals surface area (Å²) in [6.07, 6.45) is 0. The van der Waals surface area contributed by atoms with Crippen LogP contribution in [0.25, 0.3) is 0 Å². The topological polar surface area (TPSA) is 69.4 Å². The zero-order chi connectivity index (χ0) is 7.28. The minimum absolute atomic E-state index is 0.257. The van der Waals surface area contributed by atoms with Gasteiger partial charge in [0, 0.05) is 0 Å².